The summed E-state index contributed by atoms with van der Waals surface area (Å²) in [6.45, 7) is 5.58. The third kappa shape index (κ3) is 5.34. The number of nitrogens with one attached hydrogen (secondary N) is 1. The minimum absolute atomic E-state index is 0.0552. The van der Waals surface area contributed by atoms with E-state index in [9.17, 15) is 18.0 Å². The molecule has 0 radical (unpaired) electrons. The van der Waals surface area contributed by atoms with Crippen LogP contribution < -0.4 is 16.0 Å². The lowest BCUT2D eigenvalue weighted by molar-refractivity contribution is -0.115. The van der Waals surface area contributed by atoms with Crippen LogP contribution in [-0.2, 0) is 21.4 Å². The van der Waals surface area contributed by atoms with Crippen molar-refractivity contribution in [2.24, 2.45) is 5.14 Å². The Hall–Kier alpha value is -2.66. The Kier molecular flexibility index (Phi) is 6.85. The second-order valence-corrected chi connectivity index (χ2v) is 9.88. The Bertz CT molecular complexity index is 1320. The lowest BCUT2D eigenvalue weighted by Crippen LogP contribution is -2.26. The Labute approximate surface area is 188 Å². The van der Waals surface area contributed by atoms with E-state index in [0.29, 0.717) is 26.8 Å². The summed E-state index contributed by atoms with van der Waals surface area (Å²) >= 11 is 7.14. The van der Waals surface area contributed by atoms with Crippen molar-refractivity contribution in [2.75, 3.05) is 5.32 Å². The summed E-state index contributed by atoms with van der Waals surface area (Å²) in [6.07, 6.45) is 1.58. The van der Waals surface area contributed by atoms with Gasteiger partial charge in [-0.15, -0.1) is 6.58 Å². The average molecular weight is 479 g/mol. The molecule has 0 aliphatic heterocycles. The third-order valence-electron chi connectivity index (χ3n) is 4.30. The fourth-order valence-corrected chi connectivity index (χ4v) is 4.34. The first kappa shape index (κ1) is 23.0. The van der Waals surface area contributed by atoms with Crippen molar-refractivity contribution in [3.05, 3.63) is 70.5 Å². The van der Waals surface area contributed by atoms with Gasteiger partial charge in [0.1, 0.15) is 0 Å². The molecule has 1 amide bonds. The quantitative estimate of drug-likeness (QED) is 0.305. The summed E-state index contributed by atoms with van der Waals surface area (Å²) < 4.78 is 24.1. The molecule has 0 saturated heterocycles. The molecule has 162 valence electrons. The van der Waals surface area contributed by atoms with E-state index in [1.807, 2.05) is 0 Å². The first-order valence-corrected chi connectivity index (χ1v) is 11.8. The highest BCUT2D eigenvalue weighted by molar-refractivity contribution is 8.00. The molecule has 3 rings (SSSR count). The van der Waals surface area contributed by atoms with Crippen LogP contribution in [0.3, 0.4) is 0 Å². The van der Waals surface area contributed by atoms with Gasteiger partial charge in [-0.05, 0) is 49.4 Å². The van der Waals surface area contributed by atoms with Crippen LogP contribution in [-0.4, -0.2) is 29.1 Å². The predicted molar refractivity (Wildman–Crippen MR) is 123 cm³/mol. The fraction of sp³-hybridized carbons (Fsp3) is 0.150. The van der Waals surface area contributed by atoms with E-state index in [1.165, 1.54) is 28.8 Å². The van der Waals surface area contributed by atoms with Crippen LogP contribution in [0.15, 0.2) is 70.0 Å². The molecule has 3 N–H and O–H groups in total. The highest BCUT2D eigenvalue weighted by Gasteiger charge is 2.20. The number of nitrogens with zero attached hydrogens (tertiary/aromatic N) is 2. The molecule has 0 aliphatic rings. The van der Waals surface area contributed by atoms with Crippen molar-refractivity contribution in [1.29, 1.82) is 0 Å². The maximum atomic E-state index is 12.9. The minimum Gasteiger partial charge on any atom is -0.325 e. The predicted octanol–water partition coefficient (Wildman–Crippen LogP) is 3.00. The van der Waals surface area contributed by atoms with Gasteiger partial charge in [-0.25, -0.2) is 18.5 Å². The number of amides is 1. The van der Waals surface area contributed by atoms with Crippen LogP contribution in [0.25, 0.3) is 10.9 Å². The second kappa shape index (κ2) is 9.23. The summed E-state index contributed by atoms with van der Waals surface area (Å²) in [5.74, 6) is -0.348. The van der Waals surface area contributed by atoms with Crippen LogP contribution in [0.1, 0.15) is 6.92 Å². The Morgan fingerprint density at radius 1 is 1.32 bits per heavy atom. The zero-order valence-corrected chi connectivity index (χ0v) is 18.8. The van der Waals surface area contributed by atoms with Crippen molar-refractivity contribution >= 4 is 55.9 Å². The highest BCUT2D eigenvalue weighted by atomic mass is 35.5. The number of halogens is 1. The van der Waals surface area contributed by atoms with E-state index in [0.717, 1.165) is 11.8 Å². The van der Waals surface area contributed by atoms with Crippen molar-refractivity contribution in [2.45, 2.75) is 28.8 Å². The smallest absolute Gasteiger partial charge is 0.262 e. The zero-order chi connectivity index (χ0) is 22.8. The molecule has 1 atom stereocenters. The van der Waals surface area contributed by atoms with E-state index >= 15 is 0 Å². The lowest BCUT2D eigenvalue weighted by Gasteiger charge is -2.15. The number of benzene rings is 2. The molecule has 2 aromatic carbocycles. The summed E-state index contributed by atoms with van der Waals surface area (Å²) in [5, 5.41) is 8.38. The molecule has 11 heteroatoms. The van der Waals surface area contributed by atoms with Gasteiger partial charge in [-0.1, -0.05) is 29.4 Å². The van der Waals surface area contributed by atoms with Gasteiger partial charge in [-0.3, -0.25) is 14.2 Å². The monoisotopic (exact) mass is 478 g/mol. The van der Waals surface area contributed by atoms with Crippen LogP contribution >= 0.6 is 23.4 Å². The first-order chi connectivity index (χ1) is 14.6. The average Bonchev–Trinajstić information content (AvgIpc) is 2.70. The number of nitrogens with two attached hydrogens (primary N) is 1. The molecular formula is C20H19ClN4O4S2. The number of hydrogen-bond acceptors (Lipinski definition) is 6. The van der Waals surface area contributed by atoms with Crippen LogP contribution in [0.5, 0.6) is 0 Å². The largest absolute Gasteiger partial charge is 0.325 e. The van der Waals surface area contributed by atoms with Crippen LogP contribution in [0.2, 0.25) is 5.02 Å². The topological polar surface area (TPSA) is 124 Å². The van der Waals surface area contributed by atoms with Gasteiger partial charge in [0.05, 0.1) is 21.0 Å². The van der Waals surface area contributed by atoms with E-state index < -0.39 is 15.3 Å². The summed E-state index contributed by atoms with van der Waals surface area (Å²) in [4.78, 5) is 30.0. The van der Waals surface area contributed by atoms with E-state index in [-0.39, 0.29) is 22.9 Å². The number of rotatable bonds is 7. The van der Waals surface area contributed by atoms with Gasteiger partial charge in [0.25, 0.3) is 5.56 Å². The lowest BCUT2D eigenvalue weighted by atomic mass is 10.2. The highest BCUT2D eigenvalue weighted by Crippen LogP contribution is 2.25. The number of allylic oxidation sites excluding steroid dienone is 1. The van der Waals surface area contributed by atoms with Gasteiger partial charge in [0, 0.05) is 17.3 Å². The second-order valence-electron chi connectivity index (χ2n) is 6.58. The molecule has 0 bridgehead atoms. The number of aromatic nitrogens is 2. The first-order valence-electron chi connectivity index (χ1n) is 9.01. The van der Waals surface area contributed by atoms with E-state index in [1.54, 1.807) is 31.2 Å². The number of fused-ring (bicyclic) bond motifs is 1. The third-order valence-corrected chi connectivity index (χ3v) is 6.55. The fourth-order valence-electron chi connectivity index (χ4n) is 2.74. The van der Waals surface area contributed by atoms with Gasteiger partial charge in [0.15, 0.2) is 5.16 Å². The molecule has 1 heterocycles. The molecule has 0 spiro atoms. The summed E-state index contributed by atoms with van der Waals surface area (Å²) in [5.41, 5.74) is 0.591. The van der Waals surface area contributed by atoms with E-state index in [2.05, 4.69) is 16.9 Å². The van der Waals surface area contributed by atoms with Gasteiger partial charge in [0.2, 0.25) is 15.9 Å². The molecule has 0 fully saturated rings. The molecule has 1 aromatic heterocycles. The molecule has 3 aromatic rings. The SMILES string of the molecule is C=CCn1c(S[C@H](C)C(=O)Nc2ccc(S(N)(=O)=O)cc2)nc2cc(Cl)ccc2c1=O. The molecule has 0 saturated carbocycles. The van der Waals surface area contributed by atoms with Gasteiger partial charge >= 0.3 is 0 Å². The Morgan fingerprint density at radius 2 is 2.00 bits per heavy atom. The van der Waals surface area contributed by atoms with Gasteiger partial charge in [-0.2, -0.15) is 0 Å². The number of carbonyl (C=O) groups excluding carboxylic acids is 1. The van der Waals surface area contributed by atoms with Crippen LogP contribution in [0.4, 0.5) is 5.69 Å². The molecule has 0 aliphatic carbocycles. The number of carbonyl (C=O) groups is 1. The number of thioether (sulfide) groups is 1. The van der Waals surface area contributed by atoms with Crippen molar-refractivity contribution in [1.82, 2.24) is 9.55 Å². The number of anilines is 1. The maximum Gasteiger partial charge on any atom is 0.262 e. The van der Waals surface area contributed by atoms with Crippen molar-refractivity contribution in [3.63, 3.8) is 0 Å². The standard InChI is InChI=1S/C20H19ClN4O4S2/c1-3-10-25-19(27)16-9-4-13(21)11-17(16)24-20(25)30-12(2)18(26)23-14-5-7-15(8-6-14)31(22,28)29/h3-9,11-12H,1,10H2,2H3,(H,23,26)(H2,22,28,29)/t12-/m1/s1. The molecule has 31 heavy (non-hydrogen) atoms. The molecule has 0 unspecified atom stereocenters. The number of primary sulfonamides is 1. The maximum absolute atomic E-state index is 12.9. The molecular weight excluding hydrogens is 460 g/mol. The Balaban J connectivity index is 1.85. The van der Waals surface area contributed by atoms with Crippen molar-refractivity contribution in [3.8, 4) is 0 Å². The molecule has 8 nitrogen and oxygen atoms in total. The minimum atomic E-state index is -3.82. The number of hydrogen-bond donors (Lipinski definition) is 2. The van der Waals surface area contributed by atoms with Gasteiger partial charge < -0.3 is 5.32 Å². The normalized spacial score (nSPS) is 12.5. The zero-order valence-electron chi connectivity index (χ0n) is 16.4. The van der Waals surface area contributed by atoms with Crippen LogP contribution in [0, 0.1) is 0 Å². The van der Waals surface area contributed by atoms with Crippen molar-refractivity contribution < 1.29 is 13.2 Å². The summed E-state index contributed by atoms with van der Waals surface area (Å²) in [6, 6.07) is 10.3. The summed E-state index contributed by atoms with van der Waals surface area (Å²) in [7, 11) is -3.82. The van der Waals surface area contributed by atoms with E-state index in [4.69, 9.17) is 16.7 Å². The Morgan fingerprint density at radius 3 is 2.61 bits per heavy atom. The number of sulfonamides is 1.